The van der Waals surface area contributed by atoms with Crippen LogP contribution in [0.2, 0.25) is 10.0 Å². The Morgan fingerprint density at radius 2 is 1.83 bits per heavy atom. The van der Waals surface area contributed by atoms with Gasteiger partial charge in [-0.25, -0.2) is 0 Å². The molecule has 0 aromatic heterocycles. The van der Waals surface area contributed by atoms with Gasteiger partial charge in [-0.2, -0.15) is 0 Å². The van der Waals surface area contributed by atoms with Gasteiger partial charge in [-0.1, -0.05) is 47.5 Å². The van der Waals surface area contributed by atoms with Crippen LogP contribution in [0.3, 0.4) is 0 Å². The molecule has 128 valence electrons. The van der Waals surface area contributed by atoms with Gasteiger partial charge in [0.2, 0.25) is 0 Å². The summed E-state index contributed by atoms with van der Waals surface area (Å²) < 4.78 is 5.43. The minimum Gasteiger partial charge on any atom is -0.482 e. The van der Waals surface area contributed by atoms with E-state index in [-0.39, 0.29) is 12.5 Å². The number of carbonyl (C=O) groups excluding carboxylic acids is 1. The molecule has 6 heteroatoms. The standard InChI is InChI=1S/C18H20Cl2N2O2/c1-22(2)11-14-6-4-3-5-13(14)10-21-18(23)12-24-17-9-15(19)7-8-16(17)20/h3-9H,10-12H2,1-2H3,(H,21,23). The lowest BCUT2D eigenvalue weighted by atomic mass is 10.1. The highest BCUT2D eigenvalue weighted by atomic mass is 35.5. The molecule has 0 radical (unpaired) electrons. The Hall–Kier alpha value is -1.75. The third-order valence-corrected chi connectivity index (χ3v) is 3.88. The molecular weight excluding hydrogens is 347 g/mol. The summed E-state index contributed by atoms with van der Waals surface area (Å²) in [5, 5.41) is 3.79. The quantitative estimate of drug-likeness (QED) is 0.811. The van der Waals surface area contributed by atoms with Gasteiger partial charge in [-0.3, -0.25) is 4.79 Å². The summed E-state index contributed by atoms with van der Waals surface area (Å²) in [7, 11) is 4.02. The fraction of sp³-hybridized carbons (Fsp3) is 0.278. The smallest absolute Gasteiger partial charge is 0.258 e. The van der Waals surface area contributed by atoms with E-state index in [1.54, 1.807) is 18.2 Å². The molecule has 1 amide bonds. The van der Waals surface area contributed by atoms with Crippen molar-refractivity contribution >= 4 is 29.1 Å². The zero-order chi connectivity index (χ0) is 17.5. The third-order valence-electron chi connectivity index (χ3n) is 3.33. The molecule has 2 rings (SSSR count). The van der Waals surface area contributed by atoms with Gasteiger partial charge in [0.05, 0.1) is 5.02 Å². The molecule has 0 aliphatic rings. The monoisotopic (exact) mass is 366 g/mol. The van der Waals surface area contributed by atoms with Crippen molar-refractivity contribution in [3.63, 3.8) is 0 Å². The molecule has 0 aliphatic carbocycles. The number of benzene rings is 2. The van der Waals surface area contributed by atoms with Gasteiger partial charge in [0.25, 0.3) is 5.91 Å². The minimum atomic E-state index is -0.217. The first-order valence-electron chi connectivity index (χ1n) is 7.52. The predicted molar refractivity (Wildman–Crippen MR) is 97.6 cm³/mol. The summed E-state index contributed by atoms with van der Waals surface area (Å²) in [6, 6.07) is 12.9. The fourth-order valence-corrected chi connectivity index (χ4v) is 2.54. The second kappa shape index (κ2) is 8.92. The van der Waals surface area contributed by atoms with E-state index in [1.165, 1.54) is 5.56 Å². The maximum Gasteiger partial charge on any atom is 0.258 e. The SMILES string of the molecule is CN(C)Cc1ccccc1CNC(=O)COc1cc(Cl)ccc1Cl. The molecule has 0 spiro atoms. The lowest BCUT2D eigenvalue weighted by Gasteiger charge is -2.15. The van der Waals surface area contributed by atoms with Crippen molar-refractivity contribution in [1.82, 2.24) is 10.2 Å². The first-order chi connectivity index (χ1) is 11.5. The van der Waals surface area contributed by atoms with Gasteiger partial charge in [0, 0.05) is 24.2 Å². The maximum absolute atomic E-state index is 12.0. The topological polar surface area (TPSA) is 41.6 Å². The predicted octanol–water partition coefficient (Wildman–Crippen LogP) is 3.75. The average molecular weight is 367 g/mol. The summed E-state index contributed by atoms with van der Waals surface area (Å²) in [5.41, 5.74) is 2.27. The van der Waals surface area contributed by atoms with Crippen molar-refractivity contribution < 1.29 is 9.53 Å². The zero-order valence-corrected chi connectivity index (χ0v) is 15.2. The summed E-state index contributed by atoms with van der Waals surface area (Å²) in [6.45, 7) is 1.16. The molecule has 0 unspecified atom stereocenters. The van der Waals surface area contributed by atoms with Crippen LogP contribution < -0.4 is 10.1 Å². The van der Waals surface area contributed by atoms with Crippen LogP contribution in [0.4, 0.5) is 0 Å². The number of nitrogens with one attached hydrogen (secondary N) is 1. The van der Waals surface area contributed by atoms with Crippen LogP contribution in [0.15, 0.2) is 42.5 Å². The maximum atomic E-state index is 12.0. The summed E-state index contributed by atoms with van der Waals surface area (Å²) in [4.78, 5) is 14.1. The van der Waals surface area contributed by atoms with E-state index in [2.05, 4.69) is 16.3 Å². The van der Waals surface area contributed by atoms with Gasteiger partial charge in [0.15, 0.2) is 6.61 Å². The van der Waals surface area contributed by atoms with Gasteiger partial charge in [-0.05, 0) is 37.4 Å². The Balaban J connectivity index is 1.88. The molecule has 0 atom stereocenters. The number of ether oxygens (including phenoxy) is 1. The molecule has 0 saturated heterocycles. The van der Waals surface area contributed by atoms with E-state index in [1.807, 2.05) is 32.3 Å². The van der Waals surface area contributed by atoms with E-state index in [0.29, 0.717) is 22.3 Å². The highest BCUT2D eigenvalue weighted by Crippen LogP contribution is 2.27. The molecule has 4 nitrogen and oxygen atoms in total. The molecule has 24 heavy (non-hydrogen) atoms. The largest absolute Gasteiger partial charge is 0.482 e. The Labute approximate surface area is 152 Å². The van der Waals surface area contributed by atoms with Gasteiger partial charge in [0.1, 0.15) is 5.75 Å². The van der Waals surface area contributed by atoms with E-state index in [4.69, 9.17) is 27.9 Å². The number of hydrogen-bond donors (Lipinski definition) is 1. The van der Waals surface area contributed by atoms with E-state index in [0.717, 1.165) is 12.1 Å². The van der Waals surface area contributed by atoms with Crippen LogP contribution in [0.5, 0.6) is 5.75 Å². The van der Waals surface area contributed by atoms with Crippen LogP contribution in [-0.2, 0) is 17.9 Å². The average Bonchev–Trinajstić information content (AvgIpc) is 2.54. The van der Waals surface area contributed by atoms with Gasteiger partial charge < -0.3 is 15.0 Å². The lowest BCUT2D eigenvalue weighted by Crippen LogP contribution is -2.29. The number of halogens is 2. The van der Waals surface area contributed by atoms with Crippen LogP contribution in [0.25, 0.3) is 0 Å². The summed E-state index contributed by atoms with van der Waals surface area (Å²) in [5.74, 6) is 0.179. The molecule has 0 fully saturated rings. The zero-order valence-electron chi connectivity index (χ0n) is 13.7. The van der Waals surface area contributed by atoms with Crippen LogP contribution in [-0.4, -0.2) is 31.5 Å². The van der Waals surface area contributed by atoms with Crippen LogP contribution in [0, 0.1) is 0 Å². The highest BCUT2D eigenvalue weighted by Gasteiger charge is 2.08. The first kappa shape index (κ1) is 18.6. The number of nitrogens with zero attached hydrogens (tertiary/aromatic N) is 1. The number of rotatable bonds is 7. The van der Waals surface area contributed by atoms with Crippen molar-refractivity contribution in [2.45, 2.75) is 13.1 Å². The summed E-state index contributed by atoms with van der Waals surface area (Å²) in [6.07, 6.45) is 0. The summed E-state index contributed by atoms with van der Waals surface area (Å²) >= 11 is 11.9. The van der Waals surface area contributed by atoms with Crippen LogP contribution in [0.1, 0.15) is 11.1 Å². The Kier molecular flexibility index (Phi) is 6.91. The first-order valence-corrected chi connectivity index (χ1v) is 8.27. The number of hydrogen-bond acceptors (Lipinski definition) is 3. The molecule has 0 bridgehead atoms. The Morgan fingerprint density at radius 3 is 2.54 bits per heavy atom. The van der Waals surface area contributed by atoms with E-state index in [9.17, 15) is 4.79 Å². The van der Waals surface area contributed by atoms with Crippen molar-refractivity contribution in [1.29, 1.82) is 0 Å². The Morgan fingerprint density at radius 1 is 1.12 bits per heavy atom. The van der Waals surface area contributed by atoms with Crippen molar-refractivity contribution in [2.75, 3.05) is 20.7 Å². The second-order valence-corrected chi connectivity index (χ2v) is 6.49. The molecule has 0 aliphatic heterocycles. The normalized spacial score (nSPS) is 10.7. The molecule has 1 N–H and O–H groups in total. The number of amides is 1. The lowest BCUT2D eigenvalue weighted by molar-refractivity contribution is -0.123. The third kappa shape index (κ3) is 5.71. The number of carbonyl (C=O) groups is 1. The fourth-order valence-electron chi connectivity index (χ4n) is 2.20. The van der Waals surface area contributed by atoms with Crippen molar-refractivity contribution in [3.05, 3.63) is 63.6 Å². The minimum absolute atomic E-state index is 0.115. The van der Waals surface area contributed by atoms with Crippen molar-refractivity contribution in [2.24, 2.45) is 0 Å². The molecular formula is C18H20Cl2N2O2. The van der Waals surface area contributed by atoms with E-state index >= 15 is 0 Å². The molecule has 0 saturated carbocycles. The van der Waals surface area contributed by atoms with Crippen LogP contribution >= 0.6 is 23.2 Å². The Bertz CT molecular complexity index is 705. The highest BCUT2D eigenvalue weighted by molar-refractivity contribution is 6.34. The van der Waals surface area contributed by atoms with Gasteiger partial charge in [-0.15, -0.1) is 0 Å². The molecule has 0 heterocycles. The second-order valence-electron chi connectivity index (χ2n) is 5.65. The molecule has 2 aromatic rings. The molecule has 2 aromatic carbocycles. The van der Waals surface area contributed by atoms with Gasteiger partial charge >= 0.3 is 0 Å². The van der Waals surface area contributed by atoms with E-state index < -0.39 is 0 Å². The van der Waals surface area contributed by atoms with Crippen molar-refractivity contribution in [3.8, 4) is 5.75 Å².